The van der Waals surface area contributed by atoms with Crippen molar-refractivity contribution in [3.63, 3.8) is 0 Å². The Morgan fingerprint density at radius 2 is 1.76 bits per heavy atom. The smallest absolute Gasteiger partial charge is 0.410 e. The van der Waals surface area contributed by atoms with Crippen LogP contribution in [-0.2, 0) is 22.5 Å². The van der Waals surface area contributed by atoms with Crippen molar-refractivity contribution in [2.24, 2.45) is 0 Å². The van der Waals surface area contributed by atoms with E-state index in [0.29, 0.717) is 13.1 Å². The minimum atomic E-state index is -0.983. The molecule has 38 heavy (non-hydrogen) atoms. The first kappa shape index (κ1) is 26.1. The van der Waals surface area contributed by atoms with E-state index in [1.54, 1.807) is 9.80 Å². The van der Waals surface area contributed by atoms with Crippen molar-refractivity contribution >= 4 is 17.9 Å². The lowest BCUT2D eigenvalue weighted by Crippen LogP contribution is -2.57. The third-order valence-electron chi connectivity index (χ3n) is 7.10. The van der Waals surface area contributed by atoms with Crippen molar-refractivity contribution in [1.29, 1.82) is 0 Å². The number of amides is 2. The average molecular weight is 530 g/mol. The topological polar surface area (TPSA) is 80.3 Å². The normalized spacial score (nSPS) is 22.4. The summed E-state index contributed by atoms with van der Waals surface area (Å²) in [4.78, 5) is 28.5. The number of ether oxygens (including phenoxy) is 3. The van der Waals surface area contributed by atoms with Crippen LogP contribution in [0.2, 0.25) is 0 Å². The van der Waals surface area contributed by atoms with Crippen LogP contribution in [0.5, 0.6) is 5.75 Å². The molecule has 0 spiro atoms. The Balaban J connectivity index is 1.24. The maximum Gasteiger partial charge on any atom is 0.410 e. The molecule has 2 bridgehead atoms. The predicted octanol–water partition coefficient (Wildman–Crippen LogP) is 4.78. The summed E-state index contributed by atoms with van der Waals surface area (Å²) in [6.07, 6.45) is 0.614. The summed E-state index contributed by atoms with van der Waals surface area (Å²) in [5.74, 6) is -1.68. The number of nitrogens with one attached hydrogen (secondary N) is 1. The number of alkyl carbamates (subject to hydrolysis) is 1. The first-order valence-corrected chi connectivity index (χ1v) is 13.0. The van der Waals surface area contributed by atoms with Crippen molar-refractivity contribution in [2.75, 3.05) is 24.6 Å². The lowest BCUT2D eigenvalue weighted by atomic mass is 10.00. The fourth-order valence-corrected chi connectivity index (χ4v) is 5.41. The van der Waals surface area contributed by atoms with Gasteiger partial charge in [-0.25, -0.2) is 18.4 Å². The highest BCUT2D eigenvalue weighted by molar-refractivity contribution is 5.71. The fourth-order valence-electron chi connectivity index (χ4n) is 5.41. The Labute approximate surface area is 220 Å². The van der Waals surface area contributed by atoms with Gasteiger partial charge in [0.05, 0.1) is 23.8 Å². The highest BCUT2D eigenvalue weighted by Gasteiger charge is 2.45. The highest BCUT2D eigenvalue weighted by atomic mass is 19.2. The van der Waals surface area contributed by atoms with E-state index in [2.05, 4.69) is 5.32 Å². The van der Waals surface area contributed by atoms with Gasteiger partial charge in [-0.15, -0.1) is 0 Å². The molecule has 204 valence electrons. The molecule has 1 N–H and O–H groups in total. The SMILES string of the molecule is CC(C)(C)OC(=O)N1C2CCC1CN(c1cc3c(c(F)c1F)C[C@@H](NC(=O)OCc1ccccc1)CO3)C2. The van der Waals surface area contributed by atoms with E-state index in [1.165, 1.54) is 6.07 Å². The molecule has 3 heterocycles. The molecule has 2 saturated heterocycles. The van der Waals surface area contributed by atoms with Gasteiger partial charge in [0, 0.05) is 31.1 Å². The summed E-state index contributed by atoms with van der Waals surface area (Å²) in [5.41, 5.74) is 0.440. The van der Waals surface area contributed by atoms with Gasteiger partial charge in [-0.1, -0.05) is 30.3 Å². The van der Waals surface area contributed by atoms with Gasteiger partial charge in [-0.3, -0.25) is 4.90 Å². The minimum Gasteiger partial charge on any atom is -0.491 e. The van der Waals surface area contributed by atoms with Gasteiger partial charge in [-0.2, -0.15) is 0 Å². The molecule has 2 unspecified atom stereocenters. The van der Waals surface area contributed by atoms with E-state index in [1.807, 2.05) is 51.1 Å². The molecular formula is C28H33F2N3O5. The second kappa shape index (κ2) is 10.3. The van der Waals surface area contributed by atoms with E-state index in [0.717, 1.165) is 18.4 Å². The zero-order chi connectivity index (χ0) is 27.0. The number of hydrogen-bond acceptors (Lipinski definition) is 6. The predicted molar refractivity (Wildman–Crippen MR) is 136 cm³/mol. The number of fused-ring (bicyclic) bond motifs is 3. The molecule has 10 heteroatoms. The largest absolute Gasteiger partial charge is 0.491 e. The molecule has 3 atom stereocenters. The molecule has 8 nitrogen and oxygen atoms in total. The number of rotatable bonds is 4. The number of nitrogens with zero attached hydrogens (tertiary/aromatic N) is 2. The first-order valence-electron chi connectivity index (χ1n) is 13.0. The summed E-state index contributed by atoms with van der Waals surface area (Å²) >= 11 is 0. The van der Waals surface area contributed by atoms with E-state index in [4.69, 9.17) is 14.2 Å². The summed E-state index contributed by atoms with van der Waals surface area (Å²) in [6.45, 7) is 6.43. The molecule has 3 aliphatic heterocycles. The maximum atomic E-state index is 15.3. The zero-order valence-corrected chi connectivity index (χ0v) is 21.8. The lowest BCUT2D eigenvalue weighted by Gasteiger charge is -2.42. The van der Waals surface area contributed by atoms with Crippen LogP contribution in [0.3, 0.4) is 0 Å². The quantitative estimate of drug-likeness (QED) is 0.614. The first-order chi connectivity index (χ1) is 18.1. The van der Waals surface area contributed by atoms with E-state index >= 15 is 8.78 Å². The number of halogens is 2. The highest BCUT2D eigenvalue weighted by Crippen LogP contribution is 2.39. The molecule has 0 aromatic heterocycles. The Hall–Kier alpha value is -3.56. The summed E-state index contributed by atoms with van der Waals surface area (Å²) < 4.78 is 47.2. The molecule has 0 saturated carbocycles. The molecule has 0 aliphatic carbocycles. The van der Waals surface area contributed by atoms with Crippen LogP contribution in [0.25, 0.3) is 0 Å². The van der Waals surface area contributed by atoms with Gasteiger partial charge in [0.25, 0.3) is 0 Å². The standard InChI is InChI=1S/C28H33F2N3O5/c1-28(2,3)38-27(35)33-19-9-10-20(33)14-32(13-19)22-12-23-21(24(29)25(22)30)11-18(16-36-23)31-26(34)37-15-17-7-5-4-6-8-17/h4-8,12,18-20H,9-11,13-16H2,1-3H3,(H,31,34)/t18-,19?,20?/m1/s1. The monoisotopic (exact) mass is 529 g/mol. The van der Waals surface area contributed by atoms with Crippen LogP contribution in [0.1, 0.15) is 44.7 Å². The molecule has 2 fully saturated rings. The average Bonchev–Trinajstić information content (AvgIpc) is 3.14. The fraction of sp³-hybridized carbons (Fsp3) is 0.500. The number of anilines is 1. The van der Waals surface area contributed by atoms with Gasteiger partial charge in [0.15, 0.2) is 11.6 Å². The number of benzene rings is 2. The summed E-state index contributed by atoms with van der Waals surface area (Å²) in [5, 5.41) is 2.67. The number of carbonyl (C=O) groups is 2. The zero-order valence-electron chi connectivity index (χ0n) is 21.8. The molecule has 5 rings (SSSR count). The van der Waals surface area contributed by atoms with Crippen molar-refractivity contribution < 1.29 is 32.6 Å². The van der Waals surface area contributed by atoms with E-state index in [9.17, 15) is 9.59 Å². The van der Waals surface area contributed by atoms with Crippen LogP contribution in [-0.4, -0.2) is 60.5 Å². The Morgan fingerprint density at radius 3 is 2.42 bits per heavy atom. The second-order valence-corrected chi connectivity index (χ2v) is 11.1. The van der Waals surface area contributed by atoms with Gasteiger partial charge >= 0.3 is 12.2 Å². The van der Waals surface area contributed by atoms with Crippen molar-refractivity contribution in [2.45, 2.75) is 70.4 Å². The van der Waals surface area contributed by atoms with E-state index < -0.39 is 29.4 Å². The molecule has 3 aliphatic rings. The number of carbonyl (C=O) groups excluding carboxylic acids is 2. The molecule has 2 amide bonds. The van der Waals surface area contributed by atoms with Crippen LogP contribution in [0.4, 0.5) is 24.1 Å². The maximum absolute atomic E-state index is 15.3. The van der Waals surface area contributed by atoms with Crippen LogP contribution >= 0.6 is 0 Å². The summed E-state index contributed by atoms with van der Waals surface area (Å²) in [6, 6.07) is 9.93. The van der Waals surface area contributed by atoms with Crippen molar-refractivity contribution in [1.82, 2.24) is 10.2 Å². The molecule has 2 aromatic rings. The van der Waals surface area contributed by atoms with Crippen molar-refractivity contribution in [3.8, 4) is 5.75 Å². The number of hydrogen-bond donors (Lipinski definition) is 1. The second-order valence-electron chi connectivity index (χ2n) is 11.1. The van der Waals surface area contributed by atoms with Crippen LogP contribution in [0.15, 0.2) is 36.4 Å². The van der Waals surface area contributed by atoms with Crippen LogP contribution in [0, 0.1) is 11.6 Å². The van der Waals surface area contributed by atoms with Crippen molar-refractivity contribution in [3.05, 3.63) is 59.2 Å². The van der Waals surface area contributed by atoms with Gasteiger partial charge < -0.3 is 24.4 Å². The molecular weight excluding hydrogens is 496 g/mol. The summed E-state index contributed by atoms with van der Waals surface area (Å²) in [7, 11) is 0. The van der Waals surface area contributed by atoms with Gasteiger partial charge in [0.1, 0.15) is 24.6 Å². The van der Waals surface area contributed by atoms with Crippen LogP contribution < -0.4 is 15.0 Å². The Bertz CT molecular complexity index is 1190. The van der Waals surface area contributed by atoms with Gasteiger partial charge in [0.2, 0.25) is 0 Å². The van der Waals surface area contributed by atoms with E-state index in [-0.39, 0.29) is 54.8 Å². The molecule has 0 radical (unpaired) electrons. The third kappa shape index (κ3) is 5.49. The Morgan fingerprint density at radius 1 is 1.08 bits per heavy atom. The minimum absolute atomic E-state index is 0.0798. The Kier molecular flexibility index (Phi) is 7.07. The van der Waals surface area contributed by atoms with Gasteiger partial charge in [-0.05, 0) is 39.2 Å². The molecule has 2 aromatic carbocycles. The third-order valence-corrected chi connectivity index (χ3v) is 7.10. The number of piperazine rings is 1. The lowest BCUT2D eigenvalue weighted by molar-refractivity contribution is 0.0122.